The first-order valence-electron chi connectivity index (χ1n) is 11.5. The van der Waals surface area contributed by atoms with Crippen molar-refractivity contribution in [1.82, 2.24) is 19.4 Å². The minimum absolute atomic E-state index is 0.0358. The van der Waals surface area contributed by atoms with E-state index in [1.807, 2.05) is 31.2 Å². The first-order valence-corrected chi connectivity index (χ1v) is 12.9. The van der Waals surface area contributed by atoms with Crippen molar-refractivity contribution in [2.45, 2.75) is 11.8 Å². The zero-order chi connectivity index (χ0) is 26.2. The van der Waals surface area contributed by atoms with E-state index in [-0.39, 0.29) is 32.1 Å². The number of aryl methyl sites for hydroxylation is 1. The highest BCUT2D eigenvalue weighted by molar-refractivity contribution is 7.89. The van der Waals surface area contributed by atoms with E-state index in [2.05, 4.69) is 10.2 Å². The number of carbonyl (C=O) groups excluding carboxylic acids is 1. The molecule has 0 atom stereocenters. The van der Waals surface area contributed by atoms with Crippen LogP contribution in [0.15, 0.2) is 76.0 Å². The van der Waals surface area contributed by atoms with Gasteiger partial charge in [-0.3, -0.25) is 4.79 Å². The second kappa shape index (κ2) is 9.83. The monoisotopic (exact) mass is 524 g/mol. The Morgan fingerprint density at radius 1 is 0.838 bits per heavy atom. The van der Waals surface area contributed by atoms with Crippen LogP contribution in [0.5, 0.6) is 0 Å². The molecule has 8 nitrogen and oxygen atoms in total. The fraction of sp³-hybridized carbons (Fsp3) is 0.192. The fourth-order valence-corrected chi connectivity index (χ4v) is 5.53. The summed E-state index contributed by atoms with van der Waals surface area (Å²) >= 11 is 0. The van der Waals surface area contributed by atoms with Crippen molar-refractivity contribution in [3.8, 4) is 22.9 Å². The summed E-state index contributed by atoms with van der Waals surface area (Å²) in [6, 6.07) is 16.7. The third-order valence-electron chi connectivity index (χ3n) is 6.14. The molecule has 0 N–H and O–H groups in total. The number of amides is 1. The van der Waals surface area contributed by atoms with Crippen molar-refractivity contribution in [1.29, 1.82) is 0 Å². The molecule has 5 rings (SSSR count). The van der Waals surface area contributed by atoms with E-state index in [1.165, 1.54) is 4.90 Å². The minimum Gasteiger partial charge on any atom is -0.416 e. The van der Waals surface area contributed by atoms with E-state index < -0.39 is 26.6 Å². The molecule has 0 spiro atoms. The Kier molecular flexibility index (Phi) is 6.57. The number of nitrogens with zero attached hydrogens (tertiary/aromatic N) is 4. The summed E-state index contributed by atoms with van der Waals surface area (Å²) in [5, 5.41) is 8.19. The van der Waals surface area contributed by atoms with Crippen LogP contribution in [0, 0.1) is 18.6 Å². The molecule has 11 heteroatoms. The third kappa shape index (κ3) is 5.00. The molecule has 0 unspecified atom stereocenters. The molecule has 0 aliphatic carbocycles. The molecular formula is C26H22F2N4O4S. The number of benzene rings is 3. The SMILES string of the molecule is Cc1ccc(-c2nnc(-c3ccc(C(=O)N4CCN(S(=O)(=O)c5cc(F)ccc5F)CC4)cc3)o2)cc1. The topological polar surface area (TPSA) is 96.6 Å². The predicted octanol–water partition coefficient (Wildman–Crippen LogP) is 4.14. The Labute approximate surface area is 212 Å². The Morgan fingerprint density at radius 2 is 1.41 bits per heavy atom. The number of rotatable bonds is 5. The van der Waals surface area contributed by atoms with Crippen molar-refractivity contribution in [3.05, 3.63) is 89.5 Å². The van der Waals surface area contributed by atoms with Crippen molar-refractivity contribution in [2.75, 3.05) is 26.2 Å². The summed E-state index contributed by atoms with van der Waals surface area (Å²) in [5.74, 6) is -1.43. The normalized spacial score (nSPS) is 14.6. The number of halogens is 2. The zero-order valence-electron chi connectivity index (χ0n) is 19.8. The molecule has 1 amide bonds. The number of sulfonamides is 1. The first kappa shape index (κ1) is 24.7. The maximum absolute atomic E-state index is 14.1. The average Bonchev–Trinajstić information content (AvgIpc) is 3.40. The van der Waals surface area contributed by atoms with Gasteiger partial charge in [-0.05, 0) is 61.5 Å². The molecule has 2 heterocycles. The first-order chi connectivity index (χ1) is 17.7. The lowest BCUT2D eigenvalue weighted by molar-refractivity contribution is 0.0697. The zero-order valence-corrected chi connectivity index (χ0v) is 20.6. The van der Waals surface area contributed by atoms with Crippen LogP contribution >= 0.6 is 0 Å². The lowest BCUT2D eigenvalue weighted by Gasteiger charge is -2.34. The van der Waals surface area contributed by atoms with E-state index in [4.69, 9.17) is 4.42 Å². The van der Waals surface area contributed by atoms with Crippen molar-refractivity contribution in [3.63, 3.8) is 0 Å². The standard InChI is InChI=1S/C26H22F2N4O4S/c1-17-2-4-18(5-3-17)24-29-30-25(36-24)19-6-8-20(9-7-19)26(33)31-12-14-32(15-13-31)37(34,35)23-16-21(27)10-11-22(23)28/h2-11,16H,12-15H2,1H3. The fourth-order valence-electron chi connectivity index (χ4n) is 4.04. The molecule has 1 fully saturated rings. The van der Waals surface area contributed by atoms with Gasteiger partial charge in [-0.15, -0.1) is 10.2 Å². The molecule has 0 saturated carbocycles. The molecular weight excluding hydrogens is 502 g/mol. The van der Waals surface area contributed by atoms with Crippen molar-refractivity contribution >= 4 is 15.9 Å². The van der Waals surface area contributed by atoms with Crippen LogP contribution in [0.1, 0.15) is 15.9 Å². The van der Waals surface area contributed by atoms with Gasteiger partial charge in [0.05, 0.1) is 0 Å². The summed E-state index contributed by atoms with van der Waals surface area (Å²) in [6.07, 6.45) is 0. The van der Waals surface area contributed by atoms with Gasteiger partial charge < -0.3 is 9.32 Å². The molecule has 1 aliphatic rings. The average molecular weight is 525 g/mol. The van der Waals surface area contributed by atoms with Gasteiger partial charge in [0.15, 0.2) is 0 Å². The molecule has 1 aliphatic heterocycles. The molecule has 37 heavy (non-hydrogen) atoms. The number of piperazine rings is 1. The van der Waals surface area contributed by atoms with Gasteiger partial charge in [0.25, 0.3) is 5.91 Å². The molecule has 1 saturated heterocycles. The highest BCUT2D eigenvalue weighted by Crippen LogP contribution is 2.25. The molecule has 190 valence electrons. The minimum atomic E-state index is -4.23. The molecule has 0 bridgehead atoms. The van der Waals surface area contributed by atoms with E-state index in [9.17, 15) is 22.0 Å². The lowest BCUT2D eigenvalue weighted by atomic mass is 10.1. The second-order valence-electron chi connectivity index (χ2n) is 8.63. The summed E-state index contributed by atoms with van der Waals surface area (Å²) in [6.45, 7) is 2.14. The Hall–Kier alpha value is -3.96. The van der Waals surface area contributed by atoms with E-state index in [0.717, 1.165) is 27.6 Å². The number of hydrogen-bond donors (Lipinski definition) is 0. The summed E-state index contributed by atoms with van der Waals surface area (Å²) < 4.78 is 60.0. The number of hydrogen-bond acceptors (Lipinski definition) is 6. The number of carbonyl (C=O) groups is 1. The molecule has 1 aromatic heterocycles. The van der Waals surface area contributed by atoms with Gasteiger partial charge >= 0.3 is 0 Å². The predicted molar refractivity (Wildman–Crippen MR) is 131 cm³/mol. The Morgan fingerprint density at radius 3 is 2.00 bits per heavy atom. The van der Waals surface area contributed by atoms with Gasteiger partial charge in [0.1, 0.15) is 16.5 Å². The highest BCUT2D eigenvalue weighted by Gasteiger charge is 2.32. The van der Waals surface area contributed by atoms with Gasteiger partial charge in [-0.2, -0.15) is 4.31 Å². The molecule has 3 aromatic carbocycles. The molecule has 0 radical (unpaired) electrons. The van der Waals surface area contributed by atoms with Crippen LogP contribution < -0.4 is 0 Å². The van der Waals surface area contributed by atoms with Crippen LogP contribution in [0.25, 0.3) is 22.9 Å². The maximum atomic E-state index is 14.1. The summed E-state index contributed by atoms with van der Waals surface area (Å²) in [5.41, 5.74) is 2.98. The quantitative estimate of drug-likeness (QED) is 0.389. The highest BCUT2D eigenvalue weighted by atomic mass is 32.2. The number of aromatic nitrogens is 2. The van der Waals surface area contributed by atoms with E-state index in [1.54, 1.807) is 24.3 Å². The van der Waals surface area contributed by atoms with Gasteiger partial charge in [0.2, 0.25) is 21.8 Å². The van der Waals surface area contributed by atoms with E-state index >= 15 is 0 Å². The van der Waals surface area contributed by atoms with Crippen LogP contribution in [0.4, 0.5) is 8.78 Å². The second-order valence-corrected chi connectivity index (χ2v) is 10.5. The third-order valence-corrected chi connectivity index (χ3v) is 8.05. The van der Waals surface area contributed by atoms with Crippen LogP contribution in [-0.2, 0) is 10.0 Å². The summed E-state index contributed by atoms with van der Waals surface area (Å²) in [7, 11) is -4.23. The van der Waals surface area contributed by atoms with Crippen LogP contribution in [-0.4, -0.2) is 59.9 Å². The van der Waals surface area contributed by atoms with Crippen LogP contribution in [0.3, 0.4) is 0 Å². The van der Waals surface area contributed by atoms with Crippen molar-refractivity contribution in [2.24, 2.45) is 0 Å². The largest absolute Gasteiger partial charge is 0.416 e. The lowest BCUT2D eigenvalue weighted by Crippen LogP contribution is -2.50. The maximum Gasteiger partial charge on any atom is 0.253 e. The Balaban J connectivity index is 1.24. The van der Waals surface area contributed by atoms with E-state index in [0.29, 0.717) is 29.0 Å². The Bertz CT molecular complexity index is 1550. The molecule has 4 aromatic rings. The van der Waals surface area contributed by atoms with Crippen LogP contribution in [0.2, 0.25) is 0 Å². The summed E-state index contributed by atoms with van der Waals surface area (Å²) in [4.78, 5) is 13.8. The van der Waals surface area contributed by atoms with Gasteiger partial charge in [-0.25, -0.2) is 17.2 Å². The smallest absolute Gasteiger partial charge is 0.253 e. The van der Waals surface area contributed by atoms with Gasteiger partial charge in [-0.1, -0.05) is 17.7 Å². The van der Waals surface area contributed by atoms with Crippen molar-refractivity contribution < 1.29 is 26.4 Å². The van der Waals surface area contributed by atoms with Gasteiger partial charge in [0, 0.05) is 42.9 Å².